The van der Waals surface area contributed by atoms with Crippen molar-refractivity contribution in [1.29, 1.82) is 0 Å². The minimum Gasteiger partial charge on any atom is -0.414 e. The van der Waals surface area contributed by atoms with Gasteiger partial charge in [0.25, 0.3) is 0 Å². The first kappa shape index (κ1) is 34.1. The summed E-state index contributed by atoms with van der Waals surface area (Å²) in [7, 11) is -1.77. The summed E-state index contributed by atoms with van der Waals surface area (Å²) in [6, 6.07) is 20.3. The summed E-state index contributed by atoms with van der Waals surface area (Å²) < 4.78 is 31.4. The minimum atomic E-state index is -1.77. The molecule has 4 aliphatic rings. The van der Waals surface area contributed by atoms with Crippen molar-refractivity contribution in [2.75, 3.05) is 13.2 Å². The maximum Gasteiger partial charge on any atom is 0.192 e. The lowest BCUT2D eigenvalue weighted by Crippen LogP contribution is -2.50. The highest BCUT2D eigenvalue weighted by Crippen LogP contribution is 2.48. The van der Waals surface area contributed by atoms with Crippen LogP contribution >= 0.6 is 0 Å². The van der Waals surface area contributed by atoms with Gasteiger partial charge in [-0.15, -0.1) is 0 Å². The maximum atomic E-state index is 8.65. The Hall–Kier alpha value is -2.23. The largest absolute Gasteiger partial charge is 0.414 e. The molecule has 2 spiro atoms. The van der Waals surface area contributed by atoms with Crippen molar-refractivity contribution in [3.63, 3.8) is 0 Å². The molecule has 2 aliphatic heterocycles. The van der Waals surface area contributed by atoms with Crippen LogP contribution < -0.4 is 0 Å². The summed E-state index contributed by atoms with van der Waals surface area (Å²) in [5.74, 6) is 1.08. The molecule has 8 nitrogen and oxygen atoms in total. The zero-order valence-corrected chi connectivity index (χ0v) is 29.3. The number of ether oxygens (including phenoxy) is 4. The van der Waals surface area contributed by atoms with E-state index in [-0.39, 0.29) is 41.0 Å². The zero-order valence-electron chi connectivity index (χ0n) is 28.3. The van der Waals surface area contributed by atoms with Crippen molar-refractivity contribution in [1.82, 2.24) is 0 Å². The van der Waals surface area contributed by atoms with Crippen molar-refractivity contribution in [3.8, 4) is 0 Å². The molecular formula is C36H53N3O5Si. The lowest BCUT2D eigenvalue weighted by Gasteiger charge is -2.45. The first-order valence-corrected chi connectivity index (χ1v) is 19.6. The number of hydrogen-bond acceptors (Lipinski definition) is 6. The molecule has 8 atom stereocenters. The second kappa shape index (κ2) is 13.9. The number of benzene rings is 2. The van der Waals surface area contributed by atoms with Crippen LogP contribution in [0, 0.1) is 11.8 Å². The first-order chi connectivity index (χ1) is 21.3. The van der Waals surface area contributed by atoms with Crippen LogP contribution in [0.2, 0.25) is 18.1 Å². The molecule has 0 N–H and O–H groups in total. The maximum absolute atomic E-state index is 8.65. The molecule has 0 amide bonds. The fraction of sp³-hybridized carbons (Fsp3) is 0.667. The molecule has 2 heterocycles. The zero-order chi connectivity index (χ0) is 32.3. The summed E-state index contributed by atoms with van der Waals surface area (Å²) in [6.07, 6.45) is 5.55. The van der Waals surface area contributed by atoms with E-state index in [1.807, 2.05) is 48.5 Å². The van der Waals surface area contributed by atoms with Gasteiger partial charge in [0.1, 0.15) is 0 Å². The van der Waals surface area contributed by atoms with Gasteiger partial charge in [-0.3, -0.25) is 0 Å². The van der Waals surface area contributed by atoms with Gasteiger partial charge in [0.15, 0.2) is 20.9 Å². The van der Waals surface area contributed by atoms with Crippen molar-refractivity contribution in [3.05, 3.63) is 82.2 Å². The predicted octanol–water partition coefficient (Wildman–Crippen LogP) is 9.65. The quantitative estimate of drug-likeness (QED) is 0.141. The minimum absolute atomic E-state index is 0.0156. The third kappa shape index (κ3) is 8.38. The Kier molecular flexibility index (Phi) is 10.5. The molecule has 45 heavy (non-hydrogen) atoms. The van der Waals surface area contributed by atoms with E-state index in [9.17, 15) is 0 Å². The monoisotopic (exact) mass is 635 g/mol. The van der Waals surface area contributed by atoms with E-state index in [0.717, 1.165) is 49.7 Å². The molecule has 2 aliphatic carbocycles. The molecule has 0 aromatic heterocycles. The standard InChI is InChI=1S/C21H34O3Si.C15H19N3O2/c1-16-12-18(24-25(5,6)20(2,3)4)14-21(13-16)15-22-19(23-21)17-10-8-7-9-11-17;1-11-7-13(17-18-16)9-15(8-11)10-19-14(20-15)12-5-3-2-4-6-12/h7-11,16,18-19H,12-15H2,1-6H3;2-6,11,13-14H,7-10H2,1H3/t16-,18-,19?,21+;11-,13+,14?,15+/m00/s1. The average molecular weight is 636 g/mol. The molecule has 2 aromatic carbocycles. The fourth-order valence-corrected chi connectivity index (χ4v) is 8.76. The molecule has 0 bridgehead atoms. The van der Waals surface area contributed by atoms with Gasteiger partial charge in [-0.2, -0.15) is 0 Å². The third-order valence-corrected chi connectivity index (χ3v) is 14.9. The summed E-state index contributed by atoms with van der Waals surface area (Å²) in [6.45, 7) is 17.4. The SMILES string of the molecule is C[C@H]1C[C@@H](N=[N+]=[N-])C[C@@]2(COC(c3ccccc3)O2)C1.C[C@H]1C[C@H](O[Si](C)(C)C(C)(C)C)C[C@@]2(COC(c3ccccc3)O2)C1. The van der Waals surface area contributed by atoms with Crippen LogP contribution in [0.1, 0.15) is 96.9 Å². The predicted molar refractivity (Wildman–Crippen MR) is 179 cm³/mol. The lowest BCUT2D eigenvalue weighted by atomic mass is 9.77. The van der Waals surface area contributed by atoms with Crippen molar-refractivity contribution < 1.29 is 23.4 Å². The van der Waals surface area contributed by atoms with E-state index in [1.165, 1.54) is 0 Å². The van der Waals surface area contributed by atoms with Gasteiger partial charge >= 0.3 is 0 Å². The Balaban J connectivity index is 0.000000182. The van der Waals surface area contributed by atoms with Gasteiger partial charge in [-0.05, 0) is 67.6 Å². The second-order valence-electron chi connectivity index (χ2n) is 15.6. The topological polar surface area (TPSA) is 94.9 Å². The Morgan fingerprint density at radius 3 is 1.76 bits per heavy atom. The Labute approximate surface area is 270 Å². The van der Waals surface area contributed by atoms with E-state index in [0.29, 0.717) is 25.0 Å². The van der Waals surface area contributed by atoms with Gasteiger partial charge < -0.3 is 23.4 Å². The van der Waals surface area contributed by atoms with Gasteiger partial charge in [-0.25, -0.2) is 0 Å². The summed E-state index contributed by atoms with van der Waals surface area (Å²) in [5.41, 5.74) is 10.3. The van der Waals surface area contributed by atoms with Gasteiger partial charge in [-0.1, -0.05) is 100 Å². The lowest BCUT2D eigenvalue weighted by molar-refractivity contribution is -0.123. The molecule has 2 saturated heterocycles. The van der Waals surface area contributed by atoms with Crippen molar-refractivity contribution in [2.24, 2.45) is 17.0 Å². The van der Waals surface area contributed by atoms with Crippen LogP contribution in [0.15, 0.2) is 65.8 Å². The van der Waals surface area contributed by atoms with Gasteiger partial charge in [0.2, 0.25) is 0 Å². The van der Waals surface area contributed by atoms with E-state index >= 15 is 0 Å². The van der Waals surface area contributed by atoms with Crippen LogP contribution in [0.5, 0.6) is 0 Å². The van der Waals surface area contributed by atoms with E-state index < -0.39 is 8.32 Å². The van der Waals surface area contributed by atoms with Gasteiger partial charge in [0, 0.05) is 34.6 Å². The number of azide groups is 1. The highest BCUT2D eigenvalue weighted by molar-refractivity contribution is 6.74. The van der Waals surface area contributed by atoms with Crippen LogP contribution in [-0.4, -0.2) is 44.9 Å². The summed E-state index contributed by atoms with van der Waals surface area (Å²) >= 11 is 0. The van der Waals surface area contributed by atoms with Crippen LogP contribution in [0.4, 0.5) is 0 Å². The van der Waals surface area contributed by atoms with E-state index in [2.05, 4.69) is 69.9 Å². The summed E-state index contributed by atoms with van der Waals surface area (Å²) in [4.78, 5) is 2.95. The van der Waals surface area contributed by atoms with Crippen molar-refractivity contribution in [2.45, 2.75) is 127 Å². The van der Waals surface area contributed by atoms with Crippen LogP contribution in [0.3, 0.4) is 0 Å². The van der Waals surface area contributed by atoms with E-state index in [1.54, 1.807) is 0 Å². The fourth-order valence-electron chi connectivity index (χ4n) is 7.39. The number of hydrogen-bond donors (Lipinski definition) is 0. The van der Waals surface area contributed by atoms with Crippen LogP contribution in [-0.2, 0) is 23.4 Å². The Morgan fingerprint density at radius 1 is 0.778 bits per heavy atom. The van der Waals surface area contributed by atoms with Gasteiger partial charge in [0.05, 0.1) is 24.4 Å². The molecule has 4 fully saturated rings. The molecule has 9 heteroatoms. The molecular weight excluding hydrogens is 582 g/mol. The highest BCUT2D eigenvalue weighted by atomic mass is 28.4. The molecule has 0 radical (unpaired) electrons. The second-order valence-corrected chi connectivity index (χ2v) is 20.3. The molecule has 2 saturated carbocycles. The summed E-state index contributed by atoms with van der Waals surface area (Å²) in [5, 5.41) is 4.13. The average Bonchev–Trinajstić information content (AvgIpc) is 3.57. The molecule has 2 unspecified atom stereocenters. The first-order valence-electron chi connectivity index (χ1n) is 16.7. The Morgan fingerprint density at radius 2 is 1.27 bits per heavy atom. The van der Waals surface area contributed by atoms with Crippen LogP contribution in [0.25, 0.3) is 10.4 Å². The molecule has 246 valence electrons. The smallest absolute Gasteiger partial charge is 0.192 e. The third-order valence-electron chi connectivity index (χ3n) is 10.3. The number of rotatable bonds is 5. The van der Waals surface area contributed by atoms with E-state index in [4.69, 9.17) is 28.9 Å². The highest BCUT2D eigenvalue weighted by Gasteiger charge is 2.50. The Bertz CT molecular complexity index is 1300. The van der Waals surface area contributed by atoms with Crippen molar-refractivity contribution >= 4 is 8.32 Å². The number of nitrogens with zero attached hydrogens (tertiary/aromatic N) is 3. The molecule has 6 rings (SSSR count). The molecule has 2 aromatic rings. The normalized spacial score (nSPS) is 35.1.